The molecule has 5 heteroatoms. The van der Waals surface area contributed by atoms with Gasteiger partial charge < -0.3 is 15.9 Å². The number of carbonyl (C=O) groups excluding carboxylic acids is 1. The summed E-state index contributed by atoms with van der Waals surface area (Å²) in [6.45, 7) is 2.19. The van der Waals surface area contributed by atoms with Crippen LogP contribution < -0.4 is 5.73 Å². The number of hydrogen-bond donors (Lipinski definition) is 3. The van der Waals surface area contributed by atoms with Crippen LogP contribution in [0.3, 0.4) is 0 Å². The third kappa shape index (κ3) is 1.55. The Balaban J connectivity index is 4.82. The number of ketones is 1. The molecule has 64 valence electrons. The summed E-state index contributed by atoms with van der Waals surface area (Å²) < 4.78 is 0. The van der Waals surface area contributed by atoms with Crippen molar-refractivity contribution in [2.45, 2.75) is 25.5 Å². The molecule has 0 aromatic rings. The van der Waals surface area contributed by atoms with Crippen LogP contribution in [0.25, 0.3) is 0 Å². The number of aliphatic hydroxyl groups excluding tert-OH is 1. The van der Waals surface area contributed by atoms with Crippen LogP contribution in [0.2, 0.25) is 0 Å². The second-order valence-electron chi connectivity index (χ2n) is 2.41. The van der Waals surface area contributed by atoms with E-state index < -0.39 is 23.4 Å². The average molecular weight is 161 g/mol. The maximum atomic E-state index is 10.7. The number of nitrogens with two attached hydrogens (primary N) is 1. The molecule has 0 saturated carbocycles. The monoisotopic (exact) mass is 161 g/mol. The third-order valence-corrected chi connectivity index (χ3v) is 1.60. The summed E-state index contributed by atoms with van der Waals surface area (Å²) in [5.41, 5.74) is 2.96. The van der Waals surface area contributed by atoms with Gasteiger partial charge in [0.25, 0.3) is 0 Å². The molecule has 0 aromatic carbocycles. The Morgan fingerprint density at radius 2 is 1.91 bits per heavy atom. The molecule has 0 bridgehead atoms. The summed E-state index contributed by atoms with van der Waals surface area (Å²) in [4.78, 5) is 21.1. The standard InChI is InChI=1S/C6H11NO4/c1-3(8)6(7,4(2)9)5(10)11/h3,8H,7H2,1-2H3,(H,10,11)/t3-,6-/m1/s1. The summed E-state index contributed by atoms with van der Waals surface area (Å²) in [5, 5.41) is 17.4. The molecule has 0 radical (unpaired) electrons. The topological polar surface area (TPSA) is 101 Å². The van der Waals surface area contributed by atoms with Crippen molar-refractivity contribution in [2.24, 2.45) is 5.73 Å². The molecule has 0 heterocycles. The zero-order valence-corrected chi connectivity index (χ0v) is 6.37. The first-order chi connectivity index (χ1) is 4.83. The van der Waals surface area contributed by atoms with Crippen LogP contribution >= 0.6 is 0 Å². The predicted molar refractivity (Wildman–Crippen MR) is 36.9 cm³/mol. The molecule has 0 saturated heterocycles. The number of carboxylic acid groups (broad SMARTS) is 1. The van der Waals surface area contributed by atoms with Crippen molar-refractivity contribution in [1.82, 2.24) is 0 Å². The number of hydrogen-bond acceptors (Lipinski definition) is 4. The first kappa shape index (κ1) is 10.1. The zero-order chi connectivity index (χ0) is 9.23. The van der Waals surface area contributed by atoms with E-state index in [1.807, 2.05) is 0 Å². The Kier molecular flexibility index (Phi) is 2.72. The Morgan fingerprint density at radius 3 is 1.91 bits per heavy atom. The Morgan fingerprint density at radius 1 is 1.55 bits per heavy atom. The lowest BCUT2D eigenvalue weighted by molar-refractivity contribution is -0.152. The fourth-order valence-corrected chi connectivity index (χ4v) is 0.623. The Bertz CT molecular complexity index is 173. The van der Waals surface area contributed by atoms with Crippen molar-refractivity contribution >= 4 is 11.8 Å². The van der Waals surface area contributed by atoms with Gasteiger partial charge in [0.15, 0.2) is 11.3 Å². The van der Waals surface area contributed by atoms with Crippen molar-refractivity contribution in [3.63, 3.8) is 0 Å². The second-order valence-corrected chi connectivity index (χ2v) is 2.41. The smallest absolute Gasteiger partial charge is 0.334 e. The average Bonchev–Trinajstić information content (AvgIpc) is 1.84. The largest absolute Gasteiger partial charge is 0.479 e. The Labute approximate surface area is 63.8 Å². The van der Waals surface area contributed by atoms with Crippen LogP contribution in [0.15, 0.2) is 0 Å². The number of rotatable bonds is 3. The van der Waals surface area contributed by atoms with E-state index in [0.29, 0.717) is 0 Å². The van der Waals surface area contributed by atoms with E-state index >= 15 is 0 Å². The lowest BCUT2D eigenvalue weighted by Gasteiger charge is -2.23. The third-order valence-electron chi connectivity index (χ3n) is 1.60. The summed E-state index contributed by atoms with van der Waals surface area (Å²) in [5.74, 6) is -2.28. The highest BCUT2D eigenvalue weighted by Crippen LogP contribution is 2.08. The van der Waals surface area contributed by atoms with Gasteiger partial charge in [-0.3, -0.25) is 4.79 Å². The van der Waals surface area contributed by atoms with Gasteiger partial charge in [0.2, 0.25) is 0 Å². The van der Waals surface area contributed by atoms with E-state index in [4.69, 9.17) is 15.9 Å². The molecular weight excluding hydrogens is 150 g/mol. The van der Waals surface area contributed by atoms with Crippen LogP contribution in [0.5, 0.6) is 0 Å². The number of aliphatic hydroxyl groups is 1. The number of aliphatic carboxylic acids is 1. The molecule has 0 aliphatic carbocycles. The van der Waals surface area contributed by atoms with Gasteiger partial charge in [0.05, 0.1) is 6.10 Å². The fraction of sp³-hybridized carbons (Fsp3) is 0.667. The number of Topliss-reactive ketones (excluding diaryl/α,β-unsaturated/α-hetero) is 1. The number of carbonyl (C=O) groups is 2. The lowest BCUT2D eigenvalue weighted by atomic mass is 9.91. The minimum absolute atomic E-state index is 0.764. The molecule has 5 nitrogen and oxygen atoms in total. The molecule has 4 N–H and O–H groups in total. The van der Waals surface area contributed by atoms with Gasteiger partial charge in [0, 0.05) is 0 Å². The molecule has 0 aliphatic rings. The minimum atomic E-state index is -2.17. The van der Waals surface area contributed by atoms with E-state index in [1.54, 1.807) is 0 Å². The molecule has 2 atom stereocenters. The molecule has 11 heavy (non-hydrogen) atoms. The highest BCUT2D eigenvalue weighted by Gasteiger charge is 2.44. The molecule has 0 fully saturated rings. The minimum Gasteiger partial charge on any atom is -0.479 e. The van der Waals surface area contributed by atoms with Gasteiger partial charge >= 0.3 is 5.97 Å². The quantitative estimate of drug-likeness (QED) is 0.448. The summed E-state index contributed by atoms with van der Waals surface area (Å²) in [6, 6.07) is 0. The number of carboxylic acids is 1. The van der Waals surface area contributed by atoms with E-state index in [1.165, 1.54) is 0 Å². The van der Waals surface area contributed by atoms with Crippen molar-refractivity contribution in [1.29, 1.82) is 0 Å². The van der Waals surface area contributed by atoms with Crippen molar-refractivity contribution in [2.75, 3.05) is 0 Å². The van der Waals surface area contributed by atoms with E-state index in [0.717, 1.165) is 13.8 Å². The van der Waals surface area contributed by atoms with Crippen LogP contribution in [0.4, 0.5) is 0 Å². The molecule has 0 amide bonds. The zero-order valence-electron chi connectivity index (χ0n) is 6.37. The van der Waals surface area contributed by atoms with Gasteiger partial charge in [0.1, 0.15) is 0 Å². The maximum Gasteiger partial charge on any atom is 0.334 e. The lowest BCUT2D eigenvalue weighted by Crippen LogP contribution is -2.61. The maximum absolute atomic E-state index is 10.7. The van der Waals surface area contributed by atoms with Crippen LogP contribution in [0, 0.1) is 0 Å². The van der Waals surface area contributed by atoms with Gasteiger partial charge in [-0.25, -0.2) is 4.79 Å². The molecule has 0 aliphatic heterocycles. The first-order valence-electron chi connectivity index (χ1n) is 3.04. The van der Waals surface area contributed by atoms with Gasteiger partial charge in [-0.05, 0) is 13.8 Å². The van der Waals surface area contributed by atoms with E-state index in [9.17, 15) is 9.59 Å². The van der Waals surface area contributed by atoms with Crippen LogP contribution in [-0.2, 0) is 9.59 Å². The predicted octanol–water partition coefficient (Wildman–Crippen LogP) is -1.26. The highest BCUT2D eigenvalue weighted by molar-refractivity contribution is 6.07. The molecule has 0 spiro atoms. The SMILES string of the molecule is CC(=O)[C@@](N)(C(=O)O)[C@@H](C)O. The normalized spacial score (nSPS) is 18.5. The first-order valence-corrected chi connectivity index (χ1v) is 3.04. The molecular formula is C6H11NO4. The highest BCUT2D eigenvalue weighted by atomic mass is 16.4. The van der Waals surface area contributed by atoms with Gasteiger partial charge in [-0.15, -0.1) is 0 Å². The molecule has 0 rings (SSSR count). The molecule has 0 unspecified atom stereocenters. The molecule has 0 aromatic heterocycles. The summed E-state index contributed by atoms with van der Waals surface area (Å²) in [7, 11) is 0. The van der Waals surface area contributed by atoms with Crippen molar-refractivity contribution in [3.05, 3.63) is 0 Å². The van der Waals surface area contributed by atoms with Crippen LogP contribution in [-0.4, -0.2) is 33.6 Å². The van der Waals surface area contributed by atoms with Crippen molar-refractivity contribution in [3.8, 4) is 0 Å². The fourth-order valence-electron chi connectivity index (χ4n) is 0.623. The van der Waals surface area contributed by atoms with Gasteiger partial charge in [-0.2, -0.15) is 0 Å². The second kappa shape index (κ2) is 2.98. The Hall–Kier alpha value is -0.940. The summed E-state index contributed by atoms with van der Waals surface area (Å²) in [6.07, 6.45) is -1.39. The van der Waals surface area contributed by atoms with Crippen LogP contribution in [0.1, 0.15) is 13.8 Å². The van der Waals surface area contributed by atoms with Gasteiger partial charge in [-0.1, -0.05) is 0 Å². The van der Waals surface area contributed by atoms with E-state index in [-0.39, 0.29) is 0 Å². The summed E-state index contributed by atoms with van der Waals surface area (Å²) >= 11 is 0. The van der Waals surface area contributed by atoms with Crippen molar-refractivity contribution < 1.29 is 19.8 Å². The van der Waals surface area contributed by atoms with E-state index in [2.05, 4.69) is 0 Å².